The van der Waals surface area contributed by atoms with Gasteiger partial charge in [0.05, 0.1) is 28.5 Å². The minimum absolute atomic E-state index is 0.288. The Labute approximate surface area is 123 Å². The minimum atomic E-state index is -0.516. The van der Waals surface area contributed by atoms with E-state index in [0.717, 1.165) is 0 Å². The van der Waals surface area contributed by atoms with Crippen molar-refractivity contribution >= 4 is 39.0 Å². The summed E-state index contributed by atoms with van der Waals surface area (Å²) in [7, 11) is 1.29. The van der Waals surface area contributed by atoms with E-state index in [1.165, 1.54) is 13.2 Å². The van der Waals surface area contributed by atoms with Crippen LogP contribution in [0.1, 0.15) is 10.4 Å². The third kappa shape index (κ3) is 2.91. The van der Waals surface area contributed by atoms with Crippen molar-refractivity contribution in [2.24, 2.45) is 0 Å². The molecule has 2 aromatic rings. The number of halogens is 2. The van der Waals surface area contributed by atoms with Gasteiger partial charge in [-0.2, -0.15) is 0 Å². The number of rotatable bonds is 3. The Morgan fingerprint density at radius 3 is 2.75 bits per heavy atom. The summed E-state index contributed by atoms with van der Waals surface area (Å²) in [6.45, 7) is 0. The van der Waals surface area contributed by atoms with E-state index in [1.54, 1.807) is 30.3 Å². The smallest absolute Gasteiger partial charge is 0.340 e. The first-order valence-corrected chi connectivity index (χ1v) is 6.51. The second kappa shape index (κ2) is 5.92. The van der Waals surface area contributed by atoms with Gasteiger partial charge in [-0.05, 0) is 46.3 Å². The second-order valence-corrected chi connectivity index (χ2v) is 4.87. The fourth-order valence-corrected chi connectivity index (χ4v) is 1.95. The number of carbonyl (C=O) groups is 1. The van der Waals surface area contributed by atoms with E-state index in [9.17, 15) is 9.18 Å². The van der Waals surface area contributed by atoms with Gasteiger partial charge in [-0.15, -0.1) is 0 Å². The summed E-state index contributed by atoms with van der Waals surface area (Å²) < 4.78 is 18.6. The second-order valence-electron chi connectivity index (χ2n) is 4.02. The molecule has 0 unspecified atom stereocenters. The number of para-hydroxylation sites is 1. The molecule has 0 saturated heterocycles. The summed E-state index contributed by atoms with van der Waals surface area (Å²) in [6.07, 6.45) is 0. The van der Waals surface area contributed by atoms with E-state index in [0.29, 0.717) is 21.5 Å². The number of nitrogen functional groups attached to an aromatic ring is 1. The Morgan fingerprint density at radius 1 is 1.35 bits per heavy atom. The van der Waals surface area contributed by atoms with Crippen LogP contribution in [-0.2, 0) is 4.74 Å². The normalized spacial score (nSPS) is 10.2. The molecular weight excluding hydrogens is 327 g/mol. The van der Waals surface area contributed by atoms with Crippen molar-refractivity contribution in [1.82, 2.24) is 0 Å². The van der Waals surface area contributed by atoms with E-state index >= 15 is 0 Å². The molecule has 0 saturated carbocycles. The van der Waals surface area contributed by atoms with E-state index < -0.39 is 11.8 Å². The van der Waals surface area contributed by atoms with E-state index in [4.69, 9.17) is 10.5 Å². The zero-order valence-electron chi connectivity index (χ0n) is 10.6. The van der Waals surface area contributed by atoms with Gasteiger partial charge in [0.25, 0.3) is 0 Å². The monoisotopic (exact) mass is 338 g/mol. The fourth-order valence-electron chi connectivity index (χ4n) is 1.71. The molecule has 0 spiro atoms. The van der Waals surface area contributed by atoms with Gasteiger partial charge in [-0.1, -0.05) is 6.07 Å². The third-order valence-corrected chi connectivity index (χ3v) is 3.33. The first kappa shape index (κ1) is 14.3. The first-order chi connectivity index (χ1) is 9.52. The number of nitrogens with two attached hydrogens (primary N) is 1. The lowest BCUT2D eigenvalue weighted by molar-refractivity contribution is 0.0602. The minimum Gasteiger partial charge on any atom is -0.465 e. The topological polar surface area (TPSA) is 64.3 Å². The van der Waals surface area contributed by atoms with Crippen LogP contribution in [0.5, 0.6) is 0 Å². The van der Waals surface area contributed by atoms with Crippen LogP contribution in [-0.4, -0.2) is 13.1 Å². The van der Waals surface area contributed by atoms with Crippen LogP contribution in [0.15, 0.2) is 40.9 Å². The fraction of sp³-hybridized carbons (Fsp3) is 0.0714. The Balaban J connectivity index is 2.42. The Bertz CT molecular complexity index is 662. The zero-order chi connectivity index (χ0) is 14.7. The van der Waals surface area contributed by atoms with Crippen molar-refractivity contribution in [2.45, 2.75) is 0 Å². The molecule has 0 radical (unpaired) electrons. The van der Waals surface area contributed by atoms with E-state index in [1.807, 2.05) is 0 Å². The molecule has 0 bridgehead atoms. The molecule has 6 heteroatoms. The lowest BCUT2D eigenvalue weighted by Crippen LogP contribution is -2.08. The third-order valence-electron chi connectivity index (χ3n) is 2.69. The first-order valence-electron chi connectivity index (χ1n) is 5.72. The number of ether oxygens (including phenoxy) is 1. The molecule has 104 valence electrons. The number of benzene rings is 2. The van der Waals surface area contributed by atoms with E-state index in [2.05, 4.69) is 21.2 Å². The van der Waals surface area contributed by atoms with Gasteiger partial charge in [-0.3, -0.25) is 0 Å². The van der Waals surface area contributed by atoms with Gasteiger partial charge in [0.2, 0.25) is 0 Å². The summed E-state index contributed by atoms with van der Waals surface area (Å²) in [5.74, 6) is -0.929. The molecule has 0 aliphatic rings. The highest BCUT2D eigenvalue weighted by atomic mass is 79.9. The molecule has 0 fully saturated rings. The SMILES string of the molecule is COC(=O)c1cccc(N)c1Nc1ccc(Br)c(F)c1. The lowest BCUT2D eigenvalue weighted by Gasteiger charge is -2.13. The maximum absolute atomic E-state index is 13.5. The number of anilines is 3. The quantitative estimate of drug-likeness (QED) is 0.661. The largest absolute Gasteiger partial charge is 0.465 e. The molecule has 20 heavy (non-hydrogen) atoms. The zero-order valence-corrected chi connectivity index (χ0v) is 12.2. The van der Waals surface area contributed by atoms with Crippen molar-refractivity contribution in [2.75, 3.05) is 18.2 Å². The van der Waals surface area contributed by atoms with Gasteiger partial charge in [0.15, 0.2) is 0 Å². The summed E-state index contributed by atoms with van der Waals surface area (Å²) in [4.78, 5) is 11.7. The predicted molar refractivity (Wildman–Crippen MR) is 79.6 cm³/mol. The Morgan fingerprint density at radius 2 is 2.10 bits per heavy atom. The molecule has 2 rings (SSSR count). The van der Waals surface area contributed by atoms with Gasteiger partial charge < -0.3 is 15.8 Å². The number of hydrogen-bond donors (Lipinski definition) is 2. The molecule has 4 nitrogen and oxygen atoms in total. The van der Waals surface area contributed by atoms with Gasteiger partial charge in [0, 0.05) is 5.69 Å². The molecule has 0 aliphatic heterocycles. The summed E-state index contributed by atoms with van der Waals surface area (Å²) in [5.41, 5.74) is 7.39. The molecule has 0 aliphatic carbocycles. The predicted octanol–water partition coefficient (Wildman–Crippen LogP) is 3.70. The summed E-state index contributed by atoms with van der Waals surface area (Å²) in [5, 5.41) is 2.94. The number of hydrogen-bond acceptors (Lipinski definition) is 4. The molecule has 2 aromatic carbocycles. The van der Waals surface area contributed by atoms with Crippen LogP contribution in [0.3, 0.4) is 0 Å². The summed E-state index contributed by atoms with van der Waals surface area (Å²) >= 11 is 3.08. The molecule has 3 N–H and O–H groups in total. The number of esters is 1. The number of nitrogens with one attached hydrogen (secondary N) is 1. The van der Waals surface area contributed by atoms with Crippen LogP contribution < -0.4 is 11.1 Å². The van der Waals surface area contributed by atoms with Crippen molar-refractivity contribution in [3.63, 3.8) is 0 Å². The Hall–Kier alpha value is -2.08. The van der Waals surface area contributed by atoms with Crippen molar-refractivity contribution in [1.29, 1.82) is 0 Å². The highest BCUT2D eigenvalue weighted by molar-refractivity contribution is 9.10. The lowest BCUT2D eigenvalue weighted by atomic mass is 10.1. The molecule has 0 aromatic heterocycles. The molecular formula is C14H12BrFN2O2. The molecule has 0 amide bonds. The van der Waals surface area contributed by atoms with Gasteiger partial charge in [-0.25, -0.2) is 9.18 Å². The standard InChI is InChI=1S/C14H12BrFN2O2/c1-20-14(19)9-3-2-4-12(17)13(9)18-8-5-6-10(15)11(16)7-8/h2-7,18H,17H2,1H3. The van der Waals surface area contributed by atoms with Crippen LogP contribution in [0, 0.1) is 5.82 Å². The van der Waals surface area contributed by atoms with Crippen LogP contribution >= 0.6 is 15.9 Å². The van der Waals surface area contributed by atoms with Crippen molar-refractivity contribution < 1.29 is 13.9 Å². The van der Waals surface area contributed by atoms with Gasteiger partial charge in [0.1, 0.15) is 5.82 Å². The maximum Gasteiger partial charge on any atom is 0.340 e. The maximum atomic E-state index is 13.5. The van der Waals surface area contributed by atoms with Crippen LogP contribution in [0.25, 0.3) is 0 Å². The van der Waals surface area contributed by atoms with Crippen molar-refractivity contribution in [3.05, 3.63) is 52.3 Å². The highest BCUT2D eigenvalue weighted by Crippen LogP contribution is 2.29. The van der Waals surface area contributed by atoms with Crippen LogP contribution in [0.4, 0.5) is 21.5 Å². The summed E-state index contributed by atoms with van der Waals surface area (Å²) in [6, 6.07) is 9.41. The van der Waals surface area contributed by atoms with E-state index in [-0.39, 0.29) is 5.56 Å². The molecule has 0 atom stereocenters. The molecule has 0 heterocycles. The highest BCUT2D eigenvalue weighted by Gasteiger charge is 2.14. The van der Waals surface area contributed by atoms with Crippen LogP contribution in [0.2, 0.25) is 0 Å². The average Bonchev–Trinajstić information content (AvgIpc) is 2.44. The van der Waals surface area contributed by atoms with Gasteiger partial charge >= 0.3 is 5.97 Å². The van der Waals surface area contributed by atoms with Crippen molar-refractivity contribution in [3.8, 4) is 0 Å². The average molecular weight is 339 g/mol. The Kier molecular flexibility index (Phi) is 4.24. The number of carbonyl (C=O) groups excluding carboxylic acids is 1. The number of methoxy groups -OCH3 is 1.